The molecule has 4 nitrogen and oxygen atoms in total. The highest BCUT2D eigenvalue weighted by Gasteiger charge is 2.21. The predicted molar refractivity (Wildman–Crippen MR) is 75.2 cm³/mol. The third kappa shape index (κ3) is 4.55. The molecule has 1 atom stereocenters. The SMILES string of the molecule is COc1cccc(NC(CN)CC(C)(C)OC)c1. The van der Waals surface area contributed by atoms with Crippen molar-refractivity contribution in [3.63, 3.8) is 0 Å². The van der Waals surface area contributed by atoms with Gasteiger partial charge in [0, 0.05) is 31.5 Å². The van der Waals surface area contributed by atoms with Gasteiger partial charge in [-0.1, -0.05) is 6.07 Å². The molecular formula is C14H24N2O2. The van der Waals surface area contributed by atoms with Gasteiger partial charge in [0.2, 0.25) is 0 Å². The molecule has 3 N–H and O–H groups in total. The second-order valence-corrected chi connectivity index (χ2v) is 4.98. The van der Waals surface area contributed by atoms with E-state index in [-0.39, 0.29) is 11.6 Å². The van der Waals surface area contributed by atoms with Crippen LogP contribution in [0.1, 0.15) is 20.3 Å². The second-order valence-electron chi connectivity index (χ2n) is 4.98. The summed E-state index contributed by atoms with van der Waals surface area (Å²) in [4.78, 5) is 0. The first-order chi connectivity index (χ1) is 8.50. The van der Waals surface area contributed by atoms with E-state index in [0.29, 0.717) is 6.54 Å². The van der Waals surface area contributed by atoms with Gasteiger partial charge in [0.25, 0.3) is 0 Å². The quantitative estimate of drug-likeness (QED) is 0.781. The highest BCUT2D eigenvalue weighted by molar-refractivity contribution is 5.48. The van der Waals surface area contributed by atoms with Crippen molar-refractivity contribution in [2.75, 3.05) is 26.1 Å². The predicted octanol–water partition coefficient (Wildman–Crippen LogP) is 2.25. The zero-order valence-corrected chi connectivity index (χ0v) is 11.7. The minimum Gasteiger partial charge on any atom is -0.497 e. The smallest absolute Gasteiger partial charge is 0.120 e. The largest absolute Gasteiger partial charge is 0.497 e. The van der Waals surface area contributed by atoms with E-state index in [1.165, 1.54) is 0 Å². The number of benzene rings is 1. The first-order valence-corrected chi connectivity index (χ1v) is 6.16. The molecule has 102 valence electrons. The minimum atomic E-state index is -0.185. The van der Waals surface area contributed by atoms with E-state index in [0.717, 1.165) is 17.9 Å². The van der Waals surface area contributed by atoms with Crippen LogP contribution in [0.2, 0.25) is 0 Å². The number of hydrogen-bond donors (Lipinski definition) is 2. The molecule has 0 aliphatic heterocycles. The van der Waals surface area contributed by atoms with Gasteiger partial charge in [0.15, 0.2) is 0 Å². The van der Waals surface area contributed by atoms with Crippen LogP contribution in [-0.2, 0) is 4.74 Å². The summed E-state index contributed by atoms with van der Waals surface area (Å²) in [6, 6.07) is 8.01. The summed E-state index contributed by atoms with van der Waals surface area (Å²) in [7, 11) is 3.38. The summed E-state index contributed by atoms with van der Waals surface area (Å²) in [6.45, 7) is 4.68. The van der Waals surface area contributed by atoms with Gasteiger partial charge in [0.05, 0.1) is 12.7 Å². The summed E-state index contributed by atoms with van der Waals surface area (Å²) in [5, 5.41) is 3.41. The zero-order valence-electron chi connectivity index (χ0n) is 11.7. The van der Waals surface area contributed by atoms with Crippen LogP contribution in [0.25, 0.3) is 0 Å². The number of hydrogen-bond acceptors (Lipinski definition) is 4. The maximum Gasteiger partial charge on any atom is 0.120 e. The van der Waals surface area contributed by atoms with Gasteiger partial charge in [-0.3, -0.25) is 0 Å². The van der Waals surface area contributed by atoms with Crippen molar-refractivity contribution in [3.05, 3.63) is 24.3 Å². The average molecular weight is 252 g/mol. The van der Waals surface area contributed by atoms with E-state index in [9.17, 15) is 0 Å². The Bertz CT molecular complexity index is 367. The van der Waals surface area contributed by atoms with Crippen LogP contribution >= 0.6 is 0 Å². The zero-order chi connectivity index (χ0) is 13.6. The van der Waals surface area contributed by atoms with Crippen molar-refractivity contribution >= 4 is 5.69 Å². The Morgan fingerprint density at radius 2 is 2.06 bits per heavy atom. The molecule has 0 saturated heterocycles. The van der Waals surface area contributed by atoms with E-state index in [2.05, 4.69) is 19.2 Å². The molecular weight excluding hydrogens is 228 g/mol. The van der Waals surface area contributed by atoms with Crippen LogP contribution in [0.15, 0.2) is 24.3 Å². The molecule has 0 heterocycles. The molecule has 0 radical (unpaired) electrons. The van der Waals surface area contributed by atoms with Gasteiger partial charge in [-0.25, -0.2) is 0 Å². The summed E-state index contributed by atoms with van der Waals surface area (Å²) >= 11 is 0. The molecule has 0 aromatic heterocycles. The fourth-order valence-electron chi connectivity index (χ4n) is 1.82. The van der Waals surface area contributed by atoms with Gasteiger partial charge >= 0.3 is 0 Å². The van der Waals surface area contributed by atoms with Crippen LogP contribution in [0.3, 0.4) is 0 Å². The lowest BCUT2D eigenvalue weighted by atomic mass is 9.98. The molecule has 1 unspecified atom stereocenters. The second kappa shape index (κ2) is 6.61. The number of ether oxygens (including phenoxy) is 2. The Morgan fingerprint density at radius 1 is 1.33 bits per heavy atom. The fraction of sp³-hybridized carbons (Fsp3) is 0.571. The third-order valence-corrected chi connectivity index (χ3v) is 3.02. The van der Waals surface area contributed by atoms with Crippen molar-refractivity contribution < 1.29 is 9.47 Å². The highest BCUT2D eigenvalue weighted by Crippen LogP contribution is 2.21. The summed E-state index contributed by atoms with van der Waals surface area (Å²) < 4.78 is 10.6. The maximum absolute atomic E-state index is 5.80. The third-order valence-electron chi connectivity index (χ3n) is 3.02. The topological polar surface area (TPSA) is 56.5 Å². The number of anilines is 1. The molecule has 18 heavy (non-hydrogen) atoms. The lowest BCUT2D eigenvalue weighted by Crippen LogP contribution is -2.37. The van der Waals surface area contributed by atoms with Gasteiger partial charge in [-0.15, -0.1) is 0 Å². The van der Waals surface area contributed by atoms with Crippen LogP contribution in [0.4, 0.5) is 5.69 Å². The lowest BCUT2D eigenvalue weighted by molar-refractivity contribution is 0.0122. The fourth-order valence-corrected chi connectivity index (χ4v) is 1.82. The molecule has 1 aromatic rings. The number of rotatable bonds is 7. The van der Waals surface area contributed by atoms with Gasteiger partial charge in [0.1, 0.15) is 5.75 Å². The average Bonchev–Trinajstić information content (AvgIpc) is 2.38. The van der Waals surface area contributed by atoms with Crippen LogP contribution in [-0.4, -0.2) is 32.4 Å². The molecule has 0 saturated carbocycles. The Morgan fingerprint density at radius 3 is 2.61 bits per heavy atom. The molecule has 0 spiro atoms. The normalized spacial score (nSPS) is 13.2. The molecule has 1 rings (SSSR count). The van der Waals surface area contributed by atoms with E-state index in [4.69, 9.17) is 15.2 Å². The Labute approximate surface area is 109 Å². The van der Waals surface area contributed by atoms with Gasteiger partial charge in [-0.2, -0.15) is 0 Å². The molecule has 0 aliphatic carbocycles. The van der Waals surface area contributed by atoms with Crippen molar-refractivity contribution in [2.24, 2.45) is 5.73 Å². The van der Waals surface area contributed by atoms with Crippen molar-refractivity contribution in [3.8, 4) is 5.75 Å². The van der Waals surface area contributed by atoms with Crippen LogP contribution < -0.4 is 15.8 Å². The molecule has 0 aliphatic rings. The van der Waals surface area contributed by atoms with Gasteiger partial charge in [-0.05, 0) is 32.4 Å². The molecule has 0 fully saturated rings. The Hall–Kier alpha value is -1.26. The minimum absolute atomic E-state index is 0.173. The van der Waals surface area contributed by atoms with E-state index in [1.54, 1.807) is 14.2 Å². The molecule has 0 amide bonds. The standard InChI is InChI=1S/C14H24N2O2/c1-14(2,18-4)9-12(10-15)16-11-6-5-7-13(8-11)17-3/h5-8,12,16H,9-10,15H2,1-4H3. The van der Waals surface area contributed by atoms with Crippen molar-refractivity contribution in [2.45, 2.75) is 31.9 Å². The van der Waals surface area contributed by atoms with E-state index >= 15 is 0 Å². The Kier molecular flexibility index (Phi) is 5.44. The summed E-state index contributed by atoms with van der Waals surface area (Å²) in [6.07, 6.45) is 0.844. The summed E-state index contributed by atoms with van der Waals surface area (Å²) in [5.74, 6) is 0.835. The lowest BCUT2D eigenvalue weighted by Gasteiger charge is -2.29. The first kappa shape index (κ1) is 14.8. The van der Waals surface area contributed by atoms with Crippen LogP contribution in [0, 0.1) is 0 Å². The number of nitrogens with two attached hydrogens (primary N) is 1. The molecule has 4 heteroatoms. The van der Waals surface area contributed by atoms with Crippen molar-refractivity contribution in [1.82, 2.24) is 0 Å². The van der Waals surface area contributed by atoms with Gasteiger partial charge < -0.3 is 20.5 Å². The molecule has 1 aromatic carbocycles. The Balaban J connectivity index is 2.67. The monoisotopic (exact) mass is 252 g/mol. The van der Waals surface area contributed by atoms with E-state index < -0.39 is 0 Å². The number of methoxy groups -OCH3 is 2. The highest BCUT2D eigenvalue weighted by atomic mass is 16.5. The first-order valence-electron chi connectivity index (χ1n) is 6.16. The molecule has 0 bridgehead atoms. The van der Waals surface area contributed by atoms with E-state index in [1.807, 2.05) is 24.3 Å². The maximum atomic E-state index is 5.80. The van der Waals surface area contributed by atoms with Crippen LogP contribution in [0.5, 0.6) is 5.75 Å². The number of nitrogens with one attached hydrogen (secondary N) is 1. The summed E-state index contributed by atoms with van der Waals surface area (Å²) in [5.41, 5.74) is 6.63. The van der Waals surface area contributed by atoms with Crippen molar-refractivity contribution in [1.29, 1.82) is 0 Å².